The summed E-state index contributed by atoms with van der Waals surface area (Å²) in [5, 5.41) is 0. The maximum Gasteiger partial charge on any atom is 0.454 e. The maximum absolute atomic E-state index is 12.1. The summed E-state index contributed by atoms with van der Waals surface area (Å²) in [6.45, 7) is -0.619. The first-order valence-electron chi connectivity index (χ1n) is 6.41. The number of aromatic nitrogens is 2. The van der Waals surface area contributed by atoms with Gasteiger partial charge in [0.2, 0.25) is 0 Å². The van der Waals surface area contributed by atoms with Gasteiger partial charge in [-0.15, -0.1) is 0 Å². The molecule has 1 aromatic heterocycles. The van der Waals surface area contributed by atoms with Crippen LogP contribution in [0.5, 0.6) is 0 Å². The smallest absolute Gasteiger partial charge is 0.361 e. The SMILES string of the molecule is CS(=O)(=O)[Si](CCOCn1ccnc1C=O)(S(C)(=O)=O)S(C)(=O)=O. The Morgan fingerprint density at radius 2 is 1.58 bits per heavy atom. The van der Waals surface area contributed by atoms with Gasteiger partial charge in [0.05, 0.1) is 0 Å². The van der Waals surface area contributed by atoms with Crippen LogP contribution in [0.3, 0.4) is 0 Å². The molecule has 0 aromatic carbocycles. The molecule has 0 saturated carbocycles. The third-order valence-corrected chi connectivity index (χ3v) is 35.9. The molecule has 138 valence electrons. The van der Waals surface area contributed by atoms with Gasteiger partial charge < -0.3 is 9.30 Å². The van der Waals surface area contributed by atoms with E-state index in [4.69, 9.17) is 4.74 Å². The van der Waals surface area contributed by atoms with Crippen LogP contribution in [0.4, 0.5) is 0 Å². The Balaban J connectivity index is 3.07. The van der Waals surface area contributed by atoms with E-state index >= 15 is 0 Å². The first-order valence-corrected chi connectivity index (χ1v) is 16.5. The summed E-state index contributed by atoms with van der Waals surface area (Å²) in [5.41, 5.74) is -4.85. The largest absolute Gasteiger partial charge is 0.454 e. The minimum Gasteiger partial charge on any atom is -0.361 e. The van der Waals surface area contributed by atoms with Crippen LogP contribution >= 0.6 is 0 Å². The first-order chi connectivity index (χ1) is 10.8. The number of carbonyl (C=O) groups is 1. The zero-order valence-corrected chi connectivity index (χ0v) is 16.7. The van der Waals surface area contributed by atoms with Crippen molar-refractivity contribution in [2.45, 2.75) is 12.8 Å². The van der Waals surface area contributed by atoms with Crippen LogP contribution in [0.1, 0.15) is 10.6 Å². The monoisotopic (exact) mass is 418 g/mol. The van der Waals surface area contributed by atoms with Gasteiger partial charge >= 0.3 is 5.52 Å². The van der Waals surface area contributed by atoms with E-state index in [1.54, 1.807) is 0 Å². The van der Waals surface area contributed by atoms with Gasteiger partial charge in [-0.05, 0) is 0 Å². The summed E-state index contributed by atoms with van der Waals surface area (Å²) in [4.78, 5) is 14.4. The number of hydrogen-bond donors (Lipinski definition) is 0. The molecule has 0 atom stereocenters. The van der Waals surface area contributed by atoms with Crippen LogP contribution in [0, 0.1) is 0 Å². The highest BCUT2D eigenvalue weighted by atomic mass is 32.8. The zero-order valence-electron chi connectivity index (χ0n) is 13.2. The third-order valence-electron chi connectivity index (χ3n) is 3.33. The third kappa shape index (κ3) is 3.93. The van der Waals surface area contributed by atoms with Crippen LogP contribution in [0.15, 0.2) is 12.4 Å². The van der Waals surface area contributed by atoms with Crippen molar-refractivity contribution >= 4 is 39.7 Å². The van der Waals surface area contributed by atoms with Crippen molar-refractivity contribution in [3.05, 3.63) is 18.2 Å². The molecular weight excluding hydrogens is 400 g/mol. The van der Waals surface area contributed by atoms with E-state index in [-0.39, 0.29) is 12.6 Å². The fourth-order valence-corrected chi connectivity index (χ4v) is 29.3. The summed E-state index contributed by atoms with van der Waals surface area (Å²) in [7, 11) is -13.1. The molecule has 0 saturated heterocycles. The maximum atomic E-state index is 12.1. The molecule has 0 spiro atoms. The standard InChI is InChI=1S/C10H18N2O8S3Si/c1-21(14,15)24(22(2,16)17,23(3,18)19)7-6-20-9-12-5-4-11-10(12)8-13/h4-5,8H,6-7,9H2,1-3H3. The van der Waals surface area contributed by atoms with Gasteiger partial charge in [0.25, 0.3) is 0 Å². The summed E-state index contributed by atoms with van der Waals surface area (Å²) in [6, 6.07) is -0.658. The number of aldehydes is 1. The average molecular weight is 419 g/mol. The van der Waals surface area contributed by atoms with Crippen molar-refractivity contribution in [1.29, 1.82) is 0 Å². The highest BCUT2D eigenvalue weighted by molar-refractivity contribution is 8.73. The van der Waals surface area contributed by atoms with E-state index in [1.165, 1.54) is 17.0 Å². The second-order valence-electron chi connectivity index (χ2n) is 5.16. The normalized spacial score (nSPS) is 13.8. The molecule has 1 rings (SSSR count). The predicted octanol–water partition coefficient (Wildman–Crippen LogP) is -1.26. The molecule has 1 heterocycles. The fraction of sp³-hybridized carbons (Fsp3) is 0.600. The Labute approximate surface area is 140 Å². The van der Waals surface area contributed by atoms with E-state index in [9.17, 15) is 30.0 Å². The molecule has 0 aliphatic heterocycles. The van der Waals surface area contributed by atoms with Crippen molar-refractivity contribution in [2.24, 2.45) is 0 Å². The number of hydrogen-bond acceptors (Lipinski definition) is 9. The summed E-state index contributed by atoms with van der Waals surface area (Å²) < 4.78 is 78.8. The van der Waals surface area contributed by atoms with Crippen molar-refractivity contribution < 1.29 is 34.8 Å². The van der Waals surface area contributed by atoms with Gasteiger partial charge in [-0.1, -0.05) is 0 Å². The minimum atomic E-state index is -4.85. The highest BCUT2D eigenvalue weighted by Gasteiger charge is 2.64. The summed E-state index contributed by atoms with van der Waals surface area (Å²) >= 11 is 0. The summed E-state index contributed by atoms with van der Waals surface area (Å²) in [5.74, 6) is 0.0628. The van der Waals surface area contributed by atoms with Crippen molar-refractivity contribution in [3.63, 3.8) is 0 Å². The quantitative estimate of drug-likeness (QED) is 0.272. The van der Waals surface area contributed by atoms with E-state index in [0.29, 0.717) is 25.1 Å². The molecule has 1 aromatic rings. The molecule has 0 fully saturated rings. The average Bonchev–Trinajstić information content (AvgIpc) is 2.81. The van der Waals surface area contributed by atoms with Gasteiger partial charge in [0.15, 0.2) is 40.0 Å². The molecule has 24 heavy (non-hydrogen) atoms. The predicted molar refractivity (Wildman–Crippen MR) is 88.7 cm³/mol. The summed E-state index contributed by atoms with van der Waals surface area (Å²) in [6.07, 6.45) is 5.09. The number of nitrogens with zero attached hydrogens (tertiary/aromatic N) is 2. The first kappa shape index (κ1) is 21.0. The number of rotatable bonds is 9. The lowest BCUT2D eigenvalue weighted by molar-refractivity contribution is 0.0836. The lowest BCUT2D eigenvalue weighted by Gasteiger charge is -2.24. The molecular formula is C10H18N2O8S3Si. The highest BCUT2D eigenvalue weighted by Crippen LogP contribution is 2.29. The van der Waals surface area contributed by atoms with E-state index < -0.39 is 46.0 Å². The minimum absolute atomic E-state index is 0.0628. The Morgan fingerprint density at radius 3 is 2.00 bits per heavy atom. The van der Waals surface area contributed by atoms with Crippen LogP contribution in [-0.2, 0) is 39.3 Å². The molecule has 0 bridgehead atoms. The van der Waals surface area contributed by atoms with Crippen molar-refractivity contribution in [3.8, 4) is 0 Å². The topological polar surface area (TPSA) is 147 Å². The van der Waals surface area contributed by atoms with E-state index in [2.05, 4.69) is 4.98 Å². The van der Waals surface area contributed by atoms with Crippen molar-refractivity contribution in [1.82, 2.24) is 9.55 Å². The Kier molecular flexibility index (Phi) is 6.14. The molecule has 0 aliphatic rings. The Bertz CT molecular complexity index is 838. The van der Waals surface area contributed by atoms with Crippen molar-refractivity contribution in [2.75, 3.05) is 25.4 Å². The van der Waals surface area contributed by atoms with Gasteiger partial charge in [-0.2, -0.15) is 0 Å². The van der Waals surface area contributed by atoms with Crippen LogP contribution in [-0.4, -0.2) is 72.0 Å². The molecule has 10 nitrogen and oxygen atoms in total. The van der Waals surface area contributed by atoms with Gasteiger partial charge in [0, 0.05) is 43.8 Å². The van der Waals surface area contributed by atoms with Crippen LogP contribution < -0.4 is 0 Å². The molecule has 0 unspecified atom stereocenters. The number of carbonyl (C=O) groups excluding carboxylic acids is 1. The Hall–Kier alpha value is -1.09. The number of imidazole rings is 1. The zero-order chi connectivity index (χ0) is 18.8. The molecule has 0 aliphatic carbocycles. The lowest BCUT2D eigenvalue weighted by atomic mass is 10.7. The lowest BCUT2D eigenvalue weighted by Crippen LogP contribution is -2.58. The second-order valence-corrected chi connectivity index (χ2v) is 26.9. The van der Waals surface area contributed by atoms with Gasteiger partial charge in [0.1, 0.15) is 6.73 Å². The molecule has 0 amide bonds. The van der Waals surface area contributed by atoms with E-state index in [1.807, 2.05) is 0 Å². The fourth-order valence-electron chi connectivity index (χ4n) is 2.29. The molecule has 14 heteroatoms. The molecule has 0 radical (unpaired) electrons. The van der Waals surface area contributed by atoms with Crippen LogP contribution in [0.2, 0.25) is 6.04 Å². The van der Waals surface area contributed by atoms with Crippen LogP contribution in [0.25, 0.3) is 0 Å². The number of ether oxygens (including phenoxy) is 1. The van der Waals surface area contributed by atoms with E-state index in [0.717, 1.165) is 0 Å². The van der Waals surface area contributed by atoms with Gasteiger partial charge in [-0.25, -0.2) is 30.2 Å². The second kappa shape index (κ2) is 7.03. The Morgan fingerprint density at radius 1 is 1.08 bits per heavy atom. The molecule has 0 N–H and O–H groups in total. The van der Waals surface area contributed by atoms with Gasteiger partial charge in [-0.3, -0.25) is 4.79 Å².